The van der Waals surface area contributed by atoms with Crippen molar-refractivity contribution in [2.75, 3.05) is 0 Å². The van der Waals surface area contributed by atoms with Gasteiger partial charge in [-0.05, 0) is 35.2 Å². The van der Waals surface area contributed by atoms with E-state index in [0.29, 0.717) is 11.1 Å². The lowest BCUT2D eigenvalue weighted by atomic mass is 10.0. The first-order valence-electron chi connectivity index (χ1n) is 6.37. The third-order valence-corrected chi connectivity index (χ3v) is 3.54. The van der Waals surface area contributed by atoms with Gasteiger partial charge in [0.1, 0.15) is 5.75 Å². The lowest BCUT2D eigenvalue weighted by molar-refractivity contribution is 0.488. The minimum atomic E-state index is -4.11. The predicted octanol–water partition coefficient (Wildman–Crippen LogP) is 1.78. The topological polar surface area (TPSA) is 102 Å². The fourth-order valence-electron chi connectivity index (χ4n) is 2.21. The summed E-state index contributed by atoms with van der Waals surface area (Å²) >= 11 is 0. The normalized spacial score (nSPS) is 11.5. The predicted molar refractivity (Wildman–Crippen MR) is 83.7 cm³/mol. The Morgan fingerprint density at radius 1 is 1.00 bits per heavy atom. The van der Waals surface area contributed by atoms with Gasteiger partial charge in [0.15, 0.2) is 0 Å². The summed E-state index contributed by atoms with van der Waals surface area (Å²) in [5.74, 6) is 0.0487. The van der Waals surface area contributed by atoms with E-state index < -0.39 is 10.3 Å². The van der Waals surface area contributed by atoms with Crippen molar-refractivity contribution in [2.45, 2.75) is 0 Å². The van der Waals surface area contributed by atoms with E-state index in [1.54, 1.807) is 24.3 Å². The van der Waals surface area contributed by atoms with Crippen LogP contribution in [0.4, 0.5) is 0 Å². The number of nitrogens with one attached hydrogen (secondary N) is 1. The molecule has 0 fully saturated rings. The van der Waals surface area contributed by atoms with E-state index in [0.717, 1.165) is 10.9 Å². The Morgan fingerprint density at radius 2 is 1.77 bits per heavy atom. The third kappa shape index (κ3) is 3.00. The fraction of sp³-hybridized carbons (Fsp3) is 0. The largest absolute Gasteiger partial charge is 0.380 e. The van der Waals surface area contributed by atoms with Gasteiger partial charge in [0.05, 0.1) is 0 Å². The van der Waals surface area contributed by atoms with Crippen LogP contribution in [-0.2, 0) is 10.3 Å². The summed E-state index contributed by atoms with van der Waals surface area (Å²) in [5, 5.41) is 5.71. The lowest BCUT2D eigenvalue weighted by Gasteiger charge is -2.06. The van der Waals surface area contributed by atoms with Gasteiger partial charge in [-0.25, -0.2) is 0 Å². The number of fused-ring (bicyclic) bond motifs is 1. The number of rotatable bonds is 3. The summed E-state index contributed by atoms with van der Waals surface area (Å²) in [5.41, 5.74) is 1.41. The van der Waals surface area contributed by atoms with Crippen molar-refractivity contribution >= 4 is 21.2 Å². The maximum absolute atomic E-state index is 12.2. The molecule has 2 aromatic carbocycles. The fourth-order valence-corrected chi connectivity index (χ4v) is 2.58. The monoisotopic (exact) mass is 316 g/mol. The van der Waals surface area contributed by atoms with Crippen LogP contribution in [0, 0.1) is 0 Å². The smallest absolute Gasteiger partial charge is 0.371 e. The van der Waals surface area contributed by atoms with E-state index in [2.05, 4.69) is 9.17 Å². The first-order valence-corrected chi connectivity index (χ1v) is 7.84. The maximum Gasteiger partial charge on any atom is 0.380 e. The number of pyridine rings is 1. The van der Waals surface area contributed by atoms with Gasteiger partial charge in [-0.15, -0.1) is 0 Å². The molecule has 0 saturated heterocycles. The van der Waals surface area contributed by atoms with E-state index in [-0.39, 0.29) is 11.3 Å². The number of hydrogen-bond donors (Lipinski definition) is 2. The Bertz CT molecular complexity index is 1010. The van der Waals surface area contributed by atoms with Crippen LogP contribution >= 0.6 is 0 Å². The van der Waals surface area contributed by atoms with Gasteiger partial charge < -0.3 is 9.17 Å². The van der Waals surface area contributed by atoms with Gasteiger partial charge in [-0.3, -0.25) is 4.79 Å². The van der Waals surface area contributed by atoms with E-state index in [4.69, 9.17) is 5.14 Å². The minimum absolute atomic E-state index is 0.0487. The SMILES string of the molecule is NS(=O)(=O)Oc1cccc(-c2cc3ccccc3[nH]c2=O)c1. The van der Waals surface area contributed by atoms with E-state index in [1.807, 2.05) is 18.2 Å². The van der Waals surface area contributed by atoms with Gasteiger partial charge in [0.25, 0.3) is 5.56 Å². The number of nitrogens with two attached hydrogens (primary N) is 1. The zero-order chi connectivity index (χ0) is 15.7. The van der Waals surface area contributed by atoms with Gasteiger partial charge in [-0.2, -0.15) is 13.6 Å². The molecule has 1 aromatic heterocycles. The number of para-hydroxylation sites is 1. The quantitative estimate of drug-likeness (QED) is 0.768. The number of H-pyrrole nitrogens is 1. The molecule has 0 atom stereocenters. The van der Waals surface area contributed by atoms with Crippen LogP contribution in [0.15, 0.2) is 59.4 Å². The molecule has 112 valence electrons. The molecule has 3 N–H and O–H groups in total. The van der Waals surface area contributed by atoms with Crippen molar-refractivity contribution in [1.82, 2.24) is 4.98 Å². The van der Waals surface area contributed by atoms with Crippen LogP contribution in [0.3, 0.4) is 0 Å². The minimum Gasteiger partial charge on any atom is -0.371 e. The molecule has 6 nitrogen and oxygen atoms in total. The van der Waals surface area contributed by atoms with Crippen molar-refractivity contribution < 1.29 is 12.6 Å². The van der Waals surface area contributed by atoms with Gasteiger partial charge in [0.2, 0.25) is 0 Å². The Balaban J connectivity index is 2.13. The Labute approximate surface area is 126 Å². The lowest BCUT2D eigenvalue weighted by Crippen LogP contribution is -2.19. The first kappa shape index (κ1) is 14.3. The molecule has 0 aliphatic rings. The number of hydrogen-bond acceptors (Lipinski definition) is 4. The molecular weight excluding hydrogens is 304 g/mol. The van der Waals surface area contributed by atoms with Crippen LogP contribution < -0.4 is 14.9 Å². The summed E-state index contributed by atoms with van der Waals surface area (Å²) in [6.45, 7) is 0. The van der Waals surface area contributed by atoms with E-state index in [1.165, 1.54) is 12.1 Å². The summed E-state index contributed by atoms with van der Waals surface area (Å²) < 4.78 is 26.6. The van der Waals surface area contributed by atoms with Gasteiger partial charge >= 0.3 is 10.3 Å². The summed E-state index contributed by atoms with van der Waals surface area (Å²) in [6, 6.07) is 15.3. The summed E-state index contributed by atoms with van der Waals surface area (Å²) in [6.07, 6.45) is 0. The van der Waals surface area contributed by atoms with E-state index >= 15 is 0 Å². The Hall–Kier alpha value is -2.64. The average Bonchev–Trinajstić information content (AvgIpc) is 2.45. The highest BCUT2D eigenvalue weighted by molar-refractivity contribution is 7.84. The highest BCUT2D eigenvalue weighted by Gasteiger charge is 2.09. The van der Waals surface area contributed by atoms with Crippen molar-refractivity contribution in [3.05, 3.63) is 65.0 Å². The van der Waals surface area contributed by atoms with Gasteiger partial charge in [0, 0.05) is 11.1 Å². The third-order valence-electron chi connectivity index (χ3n) is 3.11. The standard InChI is InChI=1S/C15H12N2O4S/c16-22(19,20)21-12-6-3-5-10(8-12)13-9-11-4-1-2-7-14(11)17-15(13)18/h1-9H,(H,17,18)(H2,16,19,20). The molecule has 1 heterocycles. The van der Waals surface area contributed by atoms with Crippen molar-refractivity contribution in [3.63, 3.8) is 0 Å². The van der Waals surface area contributed by atoms with Crippen molar-refractivity contribution in [3.8, 4) is 16.9 Å². The van der Waals surface area contributed by atoms with Crippen LogP contribution in [0.5, 0.6) is 5.75 Å². The number of benzene rings is 2. The highest BCUT2D eigenvalue weighted by Crippen LogP contribution is 2.24. The Kier molecular flexibility index (Phi) is 3.44. The average molecular weight is 316 g/mol. The van der Waals surface area contributed by atoms with Crippen LogP contribution in [-0.4, -0.2) is 13.4 Å². The summed E-state index contributed by atoms with van der Waals surface area (Å²) in [7, 11) is -4.11. The second-order valence-corrected chi connectivity index (χ2v) is 5.86. The van der Waals surface area contributed by atoms with Crippen molar-refractivity contribution in [2.24, 2.45) is 5.14 Å². The molecular formula is C15H12N2O4S. The molecule has 0 radical (unpaired) electrons. The van der Waals surface area contributed by atoms with Crippen LogP contribution in [0.2, 0.25) is 0 Å². The summed E-state index contributed by atoms with van der Waals surface area (Å²) in [4.78, 5) is 15.0. The molecule has 0 aliphatic heterocycles. The molecule has 0 aliphatic carbocycles. The van der Waals surface area contributed by atoms with Crippen LogP contribution in [0.1, 0.15) is 0 Å². The second-order valence-electron chi connectivity index (χ2n) is 4.70. The molecule has 0 bridgehead atoms. The zero-order valence-electron chi connectivity index (χ0n) is 11.3. The maximum atomic E-state index is 12.2. The van der Waals surface area contributed by atoms with Gasteiger partial charge in [-0.1, -0.05) is 30.3 Å². The molecule has 3 rings (SSSR count). The molecule has 3 aromatic rings. The highest BCUT2D eigenvalue weighted by atomic mass is 32.2. The Morgan fingerprint density at radius 3 is 2.55 bits per heavy atom. The van der Waals surface area contributed by atoms with E-state index in [9.17, 15) is 13.2 Å². The molecule has 0 amide bonds. The number of aromatic nitrogens is 1. The van der Waals surface area contributed by atoms with Crippen molar-refractivity contribution in [1.29, 1.82) is 0 Å². The molecule has 7 heteroatoms. The molecule has 22 heavy (non-hydrogen) atoms. The van der Waals surface area contributed by atoms with Crippen LogP contribution in [0.25, 0.3) is 22.0 Å². The molecule has 0 saturated carbocycles. The number of aromatic amines is 1. The molecule has 0 spiro atoms. The molecule has 0 unspecified atom stereocenters. The second kappa shape index (κ2) is 5.28. The zero-order valence-corrected chi connectivity index (χ0v) is 12.1. The first-order chi connectivity index (χ1) is 10.4.